The predicted molar refractivity (Wildman–Crippen MR) is 78.1 cm³/mol. The number of benzene rings is 2. The molecule has 0 spiro atoms. The molecular formula is C13H9IO4S. The Morgan fingerprint density at radius 2 is 1.68 bits per heavy atom. The summed E-state index contributed by atoms with van der Waals surface area (Å²) in [6.07, 6.45) is 0.639. The lowest BCUT2D eigenvalue weighted by molar-refractivity contribution is 0.112. The predicted octanol–water partition coefficient (Wildman–Crippen LogP) is 2.64. The third kappa shape index (κ3) is 2.64. The Bertz CT molecular complexity index is 701. The lowest BCUT2D eigenvalue weighted by Crippen LogP contribution is -2.04. The lowest BCUT2D eigenvalue weighted by atomic mass is 10.2. The summed E-state index contributed by atoms with van der Waals surface area (Å²) in [5.74, 6) is -0.286. The maximum Gasteiger partial charge on any atom is 0.211 e. The van der Waals surface area contributed by atoms with Crippen LogP contribution in [0, 0.1) is 3.57 Å². The van der Waals surface area contributed by atoms with Gasteiger partial charge in [-0.05, 0) is 46.9 Å². The maximum atomic E-state index is 12.4. The number of aromatic hydroxyl groups is 1. The first kappa shape index (κ1) is 14.0. The van der Waals surface area contributed by atoms with Gasteiger partial charge in [0.05, 0.1) is 4.90 Å². The first-order valence-electron chi connectivity index (χ1n) is 5.24. The number of sulfone groups is 1. The number of hydrogen-bond donors (Lipinski definition) is 1. The van der Waals surface area contributed by atoms with Crippen LogP contribution in [0.1, 0.15) is 10.4 Å². The fourth-order valence-electron chi connectivity index (χ4n) is 1.61. The number of rotatable bonds is 3. The average Bonchev–Trinajstić information content (AvgIpc) is 2.38. The third-order valence-electron chi connectivity index (χ3n) is 2.54. The van der Waals surface area contributed by atoms with Gasteiger partial charge in [0.25, 0.3) is 0 Å². The minimum Gasteiger partial charge on any atom is -0.507 e. The van der Waals surface area contributed by atoms with Gasteiger partial charge in [-0.3, -0.25) is 4.79 Å². The van der Waals surface area contributed by atoms with E-state index in [1.807, 2.05) is 22.6 Å². The van der Waals surface area contributed by atoms with Crippen LogP contribution in [0.4, 0.5) is 0 Å². The Labute approximate surface area is 124 Å². The van der Waals surface area contributed by atoms with Crippen LogP contribution in [0.3, 0.4) is 0 Å². The van der Waals surface area contributed by atoms with E-state index >= 15 is 0 Å². The van der Waals surface area contributed by atoms with Gasteiger partial charge in [-0.15, -0.1) is 0 Å². The van der Waals surface area contributed by atoms with E-state index in [1.54, 1.807) is 12.1 Å². The number of carbonyl (C=O) groups excluding carboxylic acids is 1. The second-order valence-electron chi connectivity index (χ2n) is 3.78. The highest BCUT2D eigenvalue weighted by Gasteiger charge is 2.24. The Balaban J connectivity index is 2.62. The van der Waals surface area contributed by atoms with Crippen molar-refractivity contribution in [3.8, 4) is 5.75 Å². The second-order valence-corrected chi connectivity index (χ2v) is 6.83. The van der Waals surface area contributed by atoms with Crippen LogP contribution in [0.25, 0.3) is 0 Å². The summed E-state index contributed by atoms with van der Waals surface area (Å²) in [4.78, 5) is 10.5. The van der Waals surface area contributed by atoms with Crippen LogP contribution >= 0.6 is 22.6 Å². The SMILES string of the molecule is O=Cc1ccc(S(=O)(=O)c2c(O)cccc2I)cc1. The highest BCUT2D eigenvalue weighted by Crippen LogP contribution is 2.32. The van der Waals surface area contributed by atoms with E-state index in [0.29, 0.717) is 15.4 Å². The molecule has 0 fully saturated rings. The van der Waals surface area contributed by atoms with Crippen LogP contribution in [0.5, 0.6) is 5.75 Å². The summed E-state index contributed by atoms with van der Waals surface area (Å²) in [6, 6.07) is 10.1. The van der Waals surface area contributed by atoms with Crippen molar-refractivity contribution in [1.82, 2.24) is 0 Å². The van der Waals surface area contributed by atoms with Crippen molar-refractivity contribution in [2.75, 3.05) is 0 Å². The minimum absolute atomic E-state index is 0.0394. The average molecular weight is 388 g/mol. The van der Waals surface area contributed by atoms with Crippen LogP contribution in [0.2, 0.25) is 0 Å². The van der Waals surface area contributed by atoms with Gasteiger partial charge in [-0.2, -0.15) is 0 Å². The van der Waals surface area contributed by atoms with E-state index in [2.05, 4.69) is 0 Å². The lowest BCUT2D eigenvalue weighted by Gasteiger charge is -2.08. The number of aldehydes is 1. The van der Waals surface area contributed by atoms with Crippen LogP contribution < -0.4 is 0 Å². The molecule has 0 aliphatic rings. The van der Waals surface area contributed by atoms with Crippen molar-refractivity contribution < 1.29 is 18.3 Å². The normalized spacial score (nSPS) is 11.2. The van der Waals surface area contributed by atoms with Gasteiger partial charge < -0.3 is 5.11 Å². The van der Waals surface area contributed by atoms with Gasteiger partial charge in [0.15, 0.2) is 0 Å². The largest absolute Gasteiger partial charge is 0.507 e. The summed E-state index contributed by atoms with van der Waals surface area (Å²) >= 11 is 1.86. The molecule has 0 unspecified atom stereocenters. The zero-order valence-electron chi connectivity index (χ0n) is 9.58. The van der Waals surface area contributed by atoms with E-state index in [0.717, 1.165) is 0 Å². The standard InChI is InChI=1S/C13H9IO4S/c14-11-2-1-3-12(16)13(11)19(17,18)10-6-4-9(8-15)5-7-10/h1-8,16H. The molecule has 0 aliphatic carbocycles. The molecule has 0 heterocycles. The van der Waals surface area contributed by atoms with Crippen LogP contribution in [-0.4, -0.2) is 19.8 Å². The van der Waals surface area contributed by atoms with E-state index < -0.39 is 9.84 Å². The molecule has 0 aliphatic heterocycles. The number of carbonyl (C=O) groups is 1. The quantitative estimate of drug-likeness (QED) is 0.649. The second kappa shape index (κ2) is 5.30. The third-order valence-corrected chi connectivity index (χ3v) is 5.67. The molecule has 0 bridgehead atoms. The maximum absolute atomic E-state index is 12.4. The number of hydrogen-bond acceptors (Lipinski definition) is 4. The van der Waals surface area contributed by atoms with Gasteiger partial charge >= 0.3 is 0 Å². The molecule has 6 heteroatoms. The van der Waals surface area contributed by atoms with Crippen molar-refractivity contribution in [3.05, 3.63) is 51.6 Å². The van der Waals surface area contributed by atoms with Crippen LogP contribution in [-0.2, 0) is 9.84 Å². The molecule has 0 amide bonds. The first-order chi connectivity index (χ1) is 8.96. The highest BCUT2D eigenvalue weighted by atomic mass is 127. The molecule has 0 saturated carbocycles. The molecule has 98 valence electrons. The molecule has 2 aromatic carbocycles. The summed E-state index contributed by atoms with van der Waals surface area (Å²) < 4.78 is 25.3. The smallest absolute Gasteiger partial charge is 0.211 e. The minimum atomic E-state index is -3.80. The number of phenolic OH excluding ortho intramolecular Hbond substituents is 1. The van der Waals surface area contributed by atoms with Crippen molar-refractivity contribution in [3.63, 3.8) is 0 Å². The first-order valence-corrected chi connectivity index (χ1v) is 7.81. The molecule has 2 rings (SSSR count). The molecule has 2 aromatic rings. The molecule has 0 saturated heterocycles. The Kier molecular flexibility index (Phi) is 3.91. The zero-order valence-corrected chi connectivity index (χ0v) is 12.6. The number of halogens is 1. The van der Waals surface area contributed by atoms with E-state index in [1.165, 1.54) is 30.3 Å². The molecular weight excluding hydrogens is 379 g/mol. The van der Waals surface area contributed by atoms with Crippen LogP contribution in [0.15, 0.2) is 52.3 Å². The van der Waals surface area contributed by atoms with E-state index in [4.69, 9.17) is 0 Å². The molecule has 4 nitrogen and oxygen atoms in total. The summed E-state index contributed by atoms with van der Waals surface area (Å²) in [5.41, 5.74) is 0.394. The zero-order chi connectivity index (χ0) is 14.0. The van der Waals surface area contributed by atoms with E-state index in [-0.39, 0.29) is 15.5 Å². The van der Waals surface area contributed by atoms with Crippen molar-refractivity contribution >= 4 is 38.7 Å². The molecule has 0 aromatic heterocycles. The fraction of sp³-hybridized carbons (Fsp3) is 0. The van der Waals surface area contributed by atoms with Crippen molar-refractivity contribution in [1.29, 1.82) is 0 Å². The molecule has 0 atom stereocenters. The van der Waals surface area contributed by atoms with Crippen molar-refractivity contribution in [2.45, 2.75) is 9.79 Å². The van der Waals surface area contributed by atoms with Gasteiger partial charge in [0.1, 0.15) is 16.9 Å². The monoisotopic (exact) mass is 388 g/mol. The molecule has 19 heavy (non-hydrogen) atoms. The van der Waals surface area contributed by atoms with Crippen molar-refractivity contribution in [2.24, 2.45) is 0 Å². The Hall–Kier alpha value is -1.41. The Morgan fingerprint density at radius 3 is 2.21 bits per heavy atom. The Morgan fingerprint density at radius 1 is 1.05 bits per heavy atom. The van der Waals surface area contributed by atoms with Gasteiger partial charge in [0, 0.05) is 9.13 Å². The summed E-state index contributed by atoms with van der Waals surface area (Å²) in [5, 5.41) is 9.75. The molecule has 0 radical (unpaired) electrons. The number of phenols is 1. The van der Waals surface area contributed by atoms with Gasteiger partial charge in [0.2, 0.25) is 9.84 Å². The fourth-order valence-corrected chi connectivity index (χ4v) is 4.36. The van der Waals surface area contributed by atoms with E-state index in [9.17, 15) is 18.3 Å². The topological polar surface area (TPSA) is 71.4 Å². The van der Waals surface area contributed by atoms with Gasteiger partial charge in [-0.25, -0.2) is 8.42 Å². The summed E-state index contributed by atoms with van der Waals surface area (Å²) in [6.45, 7) is 0. The molecule has 1 N–H and O–H groups in total. The van der Waals surface area contributed by atoms with Gasteiger partial charge in [-0.1, -0.05) is 18.2 Å². The highest BCUT2D eigenvalue weighted by molar-refractivity contribution is 14.1. The summed E-state index contributed by atoms with van der Waals surface area (Å²) in [7, 11) is -3.80.